The first-order valence-electron chi connectivity index (χ1n) is 6.04. The van der Waals surface area contributed by atoms with Crippen LogP contribution in [-0.4, -0.2) is 51.7 Å². The molecule has 0 spiro atoms. The number of aromatic nitrogens is 3. The lowest BCUT2D eigenvalue weighted by molar-refractivity contribution is -0.154. The van der Waals surface area contributed by atoms with E-state index in [2.05, 4.69) is 15.6 Å². The van der Waals surface area contributed by atoms with Crippen molar-refractivity contribution in [2.24, 2.45) is 5.41 Å². The van der Waals surface area contributed by atoms with E-state index < -0.39 is 11.4 Å². The third-order valence-corrected chi connectivity index (χ3v) is 3.31. The Morgan fingerprint density at radius 1 is 1.42 bits per heavy atom. The van der Waals surface area contributed by atoms with Gasteiger partial charge in [-0.3, -0.25) is 9.59 Å². The fourth-order valence-electron chi connectivity index (χ4n) is 2.02. The van der Waals surface area contributed by atoms with E-state index >= 15 is 0 Å². The molecule has 0 radical (unpaired) electrons. The molecule has 1 aliphatic heterocycles. The van der Waals surface area contributed by atoms with Crippen molar-refractivity contribution in [2.75, 3.05) is 19.8 Å². The van der Waals surface area contributed by atoms with Gasteiger partial charge in [0.05, 0.1) is 11.6 Å². The highest BCUT2D eigenvalue weighted by molar-refractivity contribution is 5.79. The van der Waals surface area contributed by atoms with Crippen LogP contribution in [0.1, 0.15) is 12.8 Å². The Balaban J connectivity index is 1.88. The Kier molecular flexibility index (Phi) is 4.10. The van der Waals surface area contributed by atoms with Crippen molar-refractivity contribution in [1.29, 1.82) is 0 Å². The first-order chi connectivity index (χ1) is 9.12. The van der Waals surface area contributed by atoms with Crippen LogP contribution in [-0.2, 0) is 20.9 Å². The number of carbonyl (C=O) groups is 2. The summed E-state index contributed by atoms with van der Waals surface area (Å²) in [6.45, 7) is 0.960. The monoisotopic (exact) mass is 268 g/mol. The van der Waals surface area contributed by atoms with Crippen LogP contribution >= 0.6 is 0 Å². The van der Waals surface area contributed by atoms with Gasteiger partial charge in [-0.1, -0.05) is 5.21 Å². The van der Waals surface area contributed by atoms with Crippen molar-refractivity contribution < 1.29 is 19.4 Å². The quantitative estimate of drug-likeness (QED) is 0.729. The average molecular weight is 268 g/mol. The minimum Gasteiger partial charge on any atom is -0.481 e. The summed E-state index contributed by atoms with van der Waals surface area (Å²) in [5.41, 5.74) is -0.920. The molecule has 1 aromatic heterocycles. The molecule has 2 N–H and O–H groups in total. The zero-order valence-corrected chi connectivity index (χ0v) is 10.4. The van der Waals surface area contributed by atoms with Crippen LogP contribution in [0.3, 0.4) is 0 Å². The number of nitrogens with one attached hydrogen (secondary N) is 1. The van der Waals surface area contributed by atoms with Gasteiger partial charge < -0.3 is 15.2 Å². The minimum absolute atomic E-state index is 0.0339. The number of carboxylic acids is 1. The van der Waals surface area contributed by atoms with Crippen molar-refractivity contribution >= 4 is 11.9 Å². The molecule has 0 atom stereocenters. The molecular formula is C11H16N4O4. The molecule has 0 saturated carbocycles. The Hall–Kier alpha value is -1.96. The number of rotatable bonds is 5. The maximum absolute atomic E-state index is 11.7. The van der Waals surface area contributed by atoms with Gasteiger partial charge in [0.1, 0.15) is 6.54 Å². The molecule has 1 aromatic rings. The normalized spacial score (nSPS) is 17.9. The van der Waals surface area contributed by atoms with Crippen LogP contribution in [0, 0.1) is 5.41 Å². The van der Waals surface area contributed by atoms with Gasteiger partial charge in [-0.05, 0) is 12.8 Å². The summed E-state index contributed by atoms with van der Waals surface area (Å²) in [6.07, 6.45) is 3.86. The van der Waals surface area contributed by atoms with E-state index in [-0.39, 0.29) is 19.0 Å². The predicted octanol–water partition coefficient (Wildman–Crippen LogP) is -0.724. The largest absolute Gasteiger partial charge is 0.481 e. The number of aliphatic carboxylic acids is 1. The van der Waals surface area contributed by atoms with Gasteiger partial charge in [0.25, 0.3) is 0 Å². The lowest BCUT2D eigenvalue weighted by Gasteiger charge is -2.33. The van der Waals surface area contributed by atoms with E-state index in [4.69, 9.17) is 4.74 Å². The fourth-order valence-corrected chi connectivity index (χ4v) is 2.02. The molecule has 1 aliphatic rings. The second-order valence-electron chi connectivity index (χ2n) is 4.58. The van der Waals surface area contributed by atoms with Gasteiger partial charge in [0, 0.05) is 26.0 Å². The first kappa shape index (κ1) is 13.5. The standard InChI is InChI=1S/C11H16N4O4/c16-9(7-15-4-3-13-14-15)12-8-11(10(17)18)1-5-19-6-2-11/h3-4H,1-2,5-8H2,(H,12,16)(H,17,18). The van der Waals surface area contributed by atoms with Crippen LogP contribution in [0.25, 0.3) is 0 Å². The van der Waals surface area contributed by atoms with Crippen LogP contribution < -0.4 is 5.32 Å². The maximum Gasteiger partial charge on any atom is 0.311 e. The van der Waals surface area contributed by atoms with E-state index in [1.54, 1.807) is 6.20 Å². The number of hydrogen-bond donors (Lipinski definition) is 2. The highest BCUT2D eigenvalue weighted by Gasteiger charge is 2.40. The number of ether oxygens (including phenoxy) is 1. The molecule has 1 amide bonds. The SMILES string of the molecule is O=C(Cn1ccnn1)NCC1(C(=O)O)CCOCC1. The third kappa shape index (κ3) is 3.28. The Morgan fingerprint density at radius 3 is 2.74 bits per heavy atom. The summed E-state index contributed by atoms with van der Waals surface area (Å²) in [4.78, 5) is 23.1. The number of hydrogen-bond acceptors (Lipinski definition) is 5. The second kappa shape index (κ2) is 5.79. The highest BCUT2D eigenvalue weighted by atomic mass is 16.5. The molecule has 1 saturated heterocycles. The second-order valence-corrected chi connectivity index (χ2v) is 4.58. The number of carboxylic acid groups (broad SMARTS) is 1. The zero-order valence-electron chi connectivity index (χ0n) is 10.4. The summed E-state index contributed by atoms with van der Waals surface area (Å²) in [5.74, 6) is -1.17. The number of amides is 1. The molecule has 2 rings (SSSR count). The van der Waals surface area contributed by atoms with Gasteiger partial charge in [-0.25, -0.2) is 4.68 Å². The Bertz CT molecular complexity index is 440. The predicted molar refractivity (Wildman–Crippen MR) is 63.2 cm³/mol. The van der Waals surface area contributed by atoms with Gasteiger partial charge >= 0.3 is 5.97 Å². The molecule has 0 unspecified atom stereocenters. The fraction of sp³-hybridized carbons (Fsp3) is 0.636. The van der Waals surface area contributed by atoms with E-state index in [1.165, 1.54) is 10.9 Å². The zero-order chi connectivity index (χ0) is 13.7. The average Bonchev–Trinajstić information content (AvgIpc) is 2.90. The van der Waals surface area contributed by atoms with E-state index in [9.17, 15) is 14.7 Å². The van der Waals surface area contributed by atoms with Gasteiger partial charge in [-0.15, -0.1) is 5.10 Å². The first-order valence-corrected chi connectivity index (χ1v) is 6.04. The van der Waals surface area contributed by atoms with E-state index in [0.29, 0.717) is 26.1 Å². The Morgan fingerprint density at radius 2 is 2.16 bits per heavy atom. The van der Waals surface area contributed by atoms with Gasteiger partial charge in [0.2, 0.25) is 5.91 Å². The molecule has 8 nitrogen and oxygen atoms in total. The van der Waals surface area contributed by atoms with Crippen molar-refractivity contribution in [2.45, 2.75) is 19.4 Å². The van der Waals surface area contributed by atoms with E-state index in [0.717, 1.165) is 0 Å². The van der Waals surface area contributed by atoms with Crippen molar-refractivity contribution in [1.82, 2.24) is 20.3 Å². The summed E-state index contributed by atoms with van der Waals surface area (Å²) in [7, 11) is 0. The van der Waals surface area contributed by atoms with E-state index in [1.807, 2.05) is 0 Å². The summed E-state index contributed by atoms with van der Waals surface area (Å²) < 4.78 is 6.55. The van der Waals surface area contributed by atoms with Crippen molar-refractivity contribution in [3.05, 3.63) is 12.4 Å². The lowest BCUT2D eigenvalue weighted by Crippen LogP contribution is -2.47. The molecule has 19 heavy (non-hydrogen) atoms. The Labute approximate surface area is 109 Å². The summed E-state index contributed by atoms with van der Waals surface area (Å²) >= 11 is 0. The minimum atomic E-state index is -0.920. The van der Waals surface area contributed by atoms with Crippen LogP contribution in [0.2, 0.25) is 0 Å². The summed E-state index contributed by atoms with van der Waals surface area (Å²) in [5, 5.41) is 19.2. The molecule has 104 valence electrons. The molecule has 8 heteroatoms. The molecular weight excluding hydrogens is 252 g/mol. The maximum atomic E-state index is 11.7. The third-order valence-electron chi connectivity index (χ3n) is 3.31. The molecule has 0 aromatic carbocycles. The van der Waals surface area contributed by atoms with Crippen LogP contribution in [0.4, 0.5) is 0 Å². The molecule has 1 fully saturated rings. The molecule has 0 aliphatic carbocycles. The molecule has 2 heterocycles. The highest BCUT2D eigenvalue weighted by Crippen LogP contribution is 2.29. The van der Waals surface area contributed by atoms with Crippen LogP contribution in [0.5, 0.6) is 0 Å². The van der Waals surface area contributed by atoms with Gasteiger partial charge in [-0.2, -0.15) is 0 Å². The van der Waals surface area contributed by atoms with Crippen LogP contribution in [0.15, 0.2) is 12.4 Å². The number of nitrogens with zero attached hydrogens (tertiary/aromatic N) is 3. The smallest absolute Gasteiger partial charge is 0.311 e. The van der Waals surface area contributed by atoms with Crippen molar-refractivity contribution in [3.8, 4) is 0 Å². The lowest BCUT2D eigenvalue weighted by atomic mass is 9.80. The van der Waals surface area contributed by atoms with Gasteiger partial charge in [0.15, 0.2) is 0 Å². The topological polar surface area (TPSA) is 106 Å². The van der Waals surface area contributed by atoms with Crippen molar-refractivity contribution in [3.63, 3.8) is 0 Å². The summed E-state index contributed by atoms with van der Waals surface area (Å²) in [6, 6.07) is 0. The molecule has 0 bridgehead atoms. The number of carbonyl (C=O) groups excluding carboxylic acids is 1.